The molecular formula is C74H92F6N4O6S2. The lowest BCUT2D eigenvalue weighted by Gasteiger charge is -2.34. The first-order chi connectivity index (χ1) is 44.1. The Morgan fingerprint density at radius 3 is 1.13 bits per heavy atom. The Hall–Kier alpha value is -6.92. The first kappa shape index (κ1) is 72.5. The molecule has 0 amide bonds. The highest BCUT2D eigenvalue weighted by atomic mass is 32.2. The molecular weight excluding hydrogens is 1220 g/mol. The quantitative estimate of drug-likeness (QED) is 0.0226. The van der Waals surface area contributed by atoms with Gasteiger partial charge in [0.15, 0.2) is 5.78 Å². The minimum atomic E-state index is -6.23. The topological polar surface area (TPSA) is 141 Å². The molecule has 5 aromatic carbocycles. The van der Waals surface area contributed by atoms with Gasteiger partial charge in [-0.3, -0.25) is 9.52 Å². The summed E-state index contributed by atoms with van der Waals surface area (Å²) in [5, 5.41) is 14.7. The highest BCUT2D eigenvalue weighted by molar-refractivity contribution is 7.93. The first-order valence-electron chi connectivity index (χ1n) is 33.4. The number of carbonyl (C=O) groups is 1. The van der Waals surface area contributed by atoms with Gasteiger partial charge < -0.3 is 14.9 Å². The van der Waals surface area contributed by atoms with Crippen molar-refractivity contribution >= 4 is 71.2 Å². The summed E-state index contributed by atoms with van der Waals surface area (Å²) in [6.45, 7) is 8.66. The second-order valence-corrected chi connectivity index (χ2v) is 27.7. The van der Waals surface area contributed by atoms with Crippen LogP contribution in [0.15, 0.2) is 156 Å². The van der Waals surface area contributed by atoms with Gasteiger partial charge in [-0.2, -0.15) is 43.2 Å². The standard InChI is InChI=1S/C74H92F6N4O6S2/c1-5-9-13-17-21-25-29-55-33-41-59(42-34-55)83(60-43-35-56(36-44-60)30-26-22-18-14-10-6-2)63-49-51-65(67(53-63)81-91(87,88)73(75,76)77)69-71(85)70(72(69)86)66-52-50-64(54-68(66)82-92(89,90)74(78,79)80)84(61-45-37-57(38-46-61)31-27-23-19-15-11-7-3)62-47-39-58(40-48-62)32-28-24-20-16-12-8-4/h33-54,81,85H,5-32H2,1-4H3/b70-66+,82-68+. The smallest absolute Gasteiger partial charge is 0.560 e. The molecule has 498 valence electrons. The maximum Gasteiger partial charge on any atom is 0.560 e. The summed E-state index contributed by atoms with van der Waals surface area (Å²) in [5.41, 5.74) is -9.18. The van der Waals surface area contributed by atoms with Crippen molar-refractivity contribution in [3.63, 3.8) is 0 Å². The molecule has 18 heteroatoms. The van der Waals surface area contributed by atoms with E-state index in [1.54, 1.807) is 18.9 Å². The lowest BCUT2D eigenvalue weighted by Crippen LogP contribution is -2.80. The molecule has 0 radical (unpaired) electrons. The number of nitrogens with one attached hydrogen (secondary N) is 2. The van der Waals surface area contributed by atoms with Crippen LogP contribution in [0.1, 0.15) is 210 Å². The van der Waals surface area contributed by atoms with E-state index >= 15 is 0 Å². The van der Waals surface area contributed by atoms with Gasteiger partial charge in [-0.1, -0.05) is 216 Å². The fourth-order valence-electron chi connectivity index (χ4n) is 11.8. The van der Waals surface area contributed by atoms with Crippen LogP contribution in [0.25, 0.3) is 5.57 Å². The Morgan fingerprint density at radius 1 is 0.435 bits per heavy atom. The molecule has 0 unspecified atom stereocenters. The number of hydrogen-bond acceptors (Lipinski definition) is 8. The molecule has 0 saturated carbocycles. The number of halogens is 6. The summed E-state index contributed by atoms with van der Waals surface area (Å²) in [6.07, 6.45) is 33.5. The fraction of sp³-hybridized carbons (Fsp3) is 0.459. The van der Waals surface area contributed by atoms with Crippen LogP contribution in [-0.2, 0) is 50.5 Å². The van der Waals surface area contributed by atoms with Gasteiger partial charge >= 0.3 is 31.1 Å². The van der Waals surface area contributed by atoms with Crippen molar-refractivity contribution in [3.05, 3.63) is 184 Å². The van der Waals surface area contributed by atoms with Crippen LogP contribution < -0.4 is 24.0 Å². The zero-order valence-electron chi connectivity index (χ0n) is 53.9. The van der Waals surface area contributed by atoms with Gasteiger partial charge in [0, 0.05) is 51.2 Å². The van der Waals surface area contributed by atoms with Crippen LogP contribution in [0.2, 0.25) is 0 Å². The zero-order chi connectivity index (χ0) is 66.3. The monoisotopic (exact) mass is 1310 g/mol. The number of nitrogens with zero attached hydrogens (tertiary/aromatic N) is 2. The summed E-state index contributed by atoms with van der Waals surface area (Å²) in [4.78, 5) is 18.1. The summed E-state index contributed by atoms with van der Waals surface area (Å²) in [6, 6.07) is 34.2. The minimum Gasteiger partial charge on any atom is -0.871 e. The molecule has 0 fully saturated rings. The van der Waals surface area contributed by atoms with Crippen molar-refractivity contribution in [1.29, 1.82) is 0 Å². The molecule has 2 N–H and O–H groups in total. The molecule has 2 aliphatic carbocycles. The van der Waals surface area contributed by atoms with Crippen molar-refractivity contribution < 1.29 is 57.5 Å². The second-order valence-electron chi connectivity index (χ2n) is 24.4. The van der Waals surface area contributed by atoms with Gasteiger partial charge in [-0.25, -0.2) is 0 Å². The van der Waals surface area contributed by atoms with Crippen LogP contribution in [0.5, 0.6) is 0 Å². The number of unbranched alkanes of at least 4 members (excludes halogenated alkanes) is 20. The highest BCUT2D eigenvalue weighted by Crippen LogP contribution is 2.45. The molecule has 0 heterocycles. The molecule has 0 aromatic heterocycles. The number of Topliss-reactive ketones (excluding diaryl/α,β-unsaturated/α-hetero) is 1. The molecule has 10 nitrogen and oxygen atoms in total. The Labute approximate surface area is 542 Å². The number of ketones is 1. The molecule has 2 aliphatic rings. The van der Waals surface area contributed by atoms with Gasteiger partial charge in [0.05, 0.1) is 17.0 Å². The fourth-order valence-corrected chi connectivity index (χ4v) is 13.0. The van der Waals surface area contributed by atoms with E-state index in [1.807, 2.05) is 97.1 Å². The van der Waals surface area contributed by atoms with Crippen LogP contribution in [0.3, 0.4) is 0 Å². The Balaban J connectivity index is 1.30. The predicted octanol–water partition coefficient (Wildman–Crippen LogP) is 18.6. The molecule has 0 aliphatic heterocycles. The molecule has 92 heavy (non-hydrogen) atoms. The van der Waals surface area contributed by atoms with E-state index in [9.17, 15) is 53.1 Å². The van der Waals surface area contributed by atoms with Crippen LogP contribution >= 0.6 is 0 Å². The van der Waals surface area contributed by atoms with E-state index in [0.717, 1.165) is 201 Å². The number of sulfonamides is 2. The van der Waals surface area contributed by atoms with E-state index in [2.05, 4.69) is 27.7 Å². The Bertz CT molecular complexity index is 3480. The summed E-state index contributed by atoms with van der Waals surface area (Å²) in [5.74, 6) is -2.37. The molecule has 0 bridgehead atoms. The largest absolute Gasteiger partial charge is 0.871 e. The van der Waals surface area contributed by atoms with E-state index in [0.29, 0.717) is 22.7 Å². The maximum absolute atomic E-state index is 14.7. The molecule has 5 aromatic rings. The second kappa shape index (κ2) is 34.8. The van der Waals surface area contributed by atoms with Gasteiger partial charge in [-0.15, -0.1) is 4.40 Å². The van der Waals surface area contributed by atoms with E-state index in [4.69, 9.17) is 0 Å². The Morgan fingerprint density at radius 2 is 0.783 bits per heavy atom. The van der Waals surface area contributed by atoms with Gasteiger partial charge in [0.1, 0.15) is 0 Å². The number of allylic oxidation sites excluding steroid dienone is 6. The van der Waals surface area contributed by atoms with Crippen molar-refractivity contribution in [3.8, 4) is 0 Å². The van der Waals surface area contributed by atoms with Crippen LogP contribution in [-0.4, -0.2) is 39.3 Å². The average molecular weight is 1310 g/mol. The van der Waals surface area contributed by atoms with E-state index in [1.165, 1.54) is 37.8 Å². The average Bonchev–Trinajstić information content (AvgIpc) is 0.731. The normalized spacial score (nSPS) is 15.1. The molecule has 0 atom stereocenters. The van der Waals surface area contributed by atoms with Gasteiger partial charge in [-0.05, 0) is 146 Å². The molecule has 0 saturated heterocycles. The van der Waals surface area contributed by atoms with Crippen LogP contribution in [0.4, 0.5) is 60.5 Å². The maximum atomic E-state index is 14.7. The number of aryl methyl sites for hydroxylation is 4. The third-order valence-electron chi connectivity index (χ3n) is 17.1. The number of hydrogen-bond donors (Lipinski definition) is 2. The van der Waals surface area contributed by atoms with Crippen molar-refractivity contribution in [2.24, 2.45) is 0 Å². The van der Waals surface area contributed by atoms with Crippen LogP contribution in [0, 0.1) is 0 Å². The number of rotatable bonds is 38. The highest BCUT2D eigenvalue weighted by Gasteiger charge is 2.52. The third kappa shape index (κ3) is 20.1. The SMILES string of the molecule is CCCCCCCCc1ccc(N(C2=CC(=[NH+]\S(=O)(=O)C(F)(F)F)/C(=C3/C(=O)C(c4ccc(N(c5ccc(CCCCCCCC)cc5)c5ccc(CCCCCCCC)cc5)cc4NS(=O)(=O)C(F)(F)F)=C3[O-])C=C2)c2ccc(CCCCCCCC)cc2)cc1. The van der Waals surface area contributed by atoms with Gasteiger partial charge in [0.25, 0.3) is 0 Å². The van der Waals surface area contributed by atoms with Crippen molar-refractivity contribution in [1.82, 2.24) is 0 Å². The predicted molar refractivity (Wildman–Crippen MR) is 360 cm³/mol. The lowest BCUT2D eigenvalue weighted by molar-refractivity contribution is -0.298. The number of anilines is 6. The summed E-state index contributed by atoms with van der Waals surface area (Å²) >= 11 is 0. The molecule has 0 spiro atoms. The van der Waals surface area contributed by atoms with Crippen molar-refractivity contribution in [2.45, 2.75) is 218 Å². The lowest BCUT2D eigenvalue weighted by atomic mass is 9.78. The number of carbonyl (C=O) groups excluding carboxylic acids is 1. The van der Waals surface area contributed by atoms with Gasteiger partial charge in [0.2, 0.25) is 5.71 Å². The number of alkyl halides is 6. The third-order valence-corrected chi connectivity index (χ3v) is 19.3. The molecule has 7 rings (SSSR count). The van der Waals surface area contributed by atoms with Crippen molar-refractivity contribution in [2.75, 3.05) is 14.5 Å². The Kier molecular flexibility index (Phi) is 27.5. The summed E-state index contributed by atoms with van der Waals surface area (Å²) < 4.78 is 142. The summed E-state index contributed by atoms with van der Waals surface area (Å²) in [7, 11) is -12.5. The zero-order valence-corrected chi connectivity index (χ0v) is 55.6. The van der Waals surface area contributed by atoms with E-state index < -0.39 is 76.3 Å². The first-order valence-corrected chi connectivity index (χ1v) is 36.3. The van der Waals surface area contributed by atoms with E-state index in [-0.39, 0.29) is 11.4 Å². The number of benzene rings is 5. The minimum absolute atomic E-state index is 0.147.